The summed E-state index contributed by atoms with van der Waals surface area (Å²) in [6.45, 7) is 9.26. The van der Waals surface area contributed by atoms with E-state index in [-0.39, 0.29) is 11.5 Å². The van der Waals surface area contributed by atoms with Gasteiger partial charge in [0.1, 0.15) is 0 Å². The molecule has 3 rings (SSSR count). The Bertz CT molecular complexity index is 927. The van der Waals surface area contributed by atoms with Crippen LogP contribution in [-0.2, 0) is 22.3 Å². The molecule has 1 aromatic carbocycles. The average molecular weight is 404 g/mol. The van der Waals surface area contributed by atoms with E-state index in [0.717, 1.165) is 29.1 Å². The zero-order chi connectivity index (χ0) is 20.3. The van der Waals surface area contributed by atoms with Crippen LogP contribution < -0.4 is 0 Å². The molecule has 0 aliphatic carbocycles. The number of Topliss-reactive ketones (excluding diaryl/α,β-unsaturated/α-hetero) is 1. The SMILES string of the molecule is CCn1c(C)cc(C(=O)CN2CCN(S(=O)(=O)Cc3ccccc3)CC2)c1C. The van der Waals surface area contributed by atoms with Crippen LogP contribution in [0.1, 0.15) is 34.2 Å². The first kappa shape index (κ1) is 20.8. The van der Waals surface area contributed by atoms with Crippen molar-refractivity contribution in [2.45, 2.75) is 33.1 Å². The number of ketones is 1. The molecular formula is C21H29N3O3S. The average Bonchev–Trinajstić information content (AvgIpc) is 2.96. The van der Waals surface area contributed by atoms with E-state index in [2.05, 4.69) is 16.4 Å². The van der Waals surface area contributed by atoms with E-state index in [1.807, 2.05) is 50.2 Å². The fraction of sp³-hybridized carbons (Fsp3) is 0.476. The van der Waals surface area contributed by atoms with Gasteiger partial charge >= 0.3 is 0 Å². The predicted molar refractivity (Wildman–Crippen MR) is 111 cm³/mol. The molecular weight excluding hydrogens is 374 g/mol. The highest BCUT2D eigenvalue weighted by Crippen LogP contribution is 2.18. The maximum Gasteiger partial charge on any atom is 0.218 e. The van der Waals surface area contributed by atoms with Gasteiger partial charge in [0.2, 0.25) is 10.0 Å². The lowest BCUT2D eigenvalue weighted by atomic mass is 10.1. The standard InChI is InChI=1S/C21H29N3O3S/c1-4-24-17(2)14-20(18(24)3)21(25)15-22-10-12-23(13-11-22)28(26,27)16-19-8-6-5-7-9-19/h5-9,14H,4,10-13,15-16H2,1-3H3. The summed E-state index contributed by atoms with van der Waals surface area (Å²) >= 11 is 0. The minimum absolute atomic E-state index is 0.0236. The van der Waals surface area contributed by atoms with Crippen LogP contribution in [0.4, 0.5) is 0 Å². The van der Waals surface area contributed by atoms with Crippen molar-refractivity contribution in [3.63, 3.8) is 0 Å². The molecule has 0 radical (unpaired) electrons. The summed E-state index contributed by atoms with van der Waals surface area (Å²) in [6.07, 6.45) is 0. The first-order valence-corrected chi connectivity index (χ1v) is 11.4. The van der Waals surface area contributed by atoms with E-state index >= 15 is 0 Å². The van der Waals surface area contributed by atoms with Gasteiger partial charge in [-0.2, -0.15) is 4.31 Å². The van der Waals surface area contributed by atoms with Crippen LogP contribution in [0.2, 0.25) is 0 Å². The highest BCUT2D eigenvalue weighted by molar-refractivity contribution is 7.88. The Hall–Kier alpha value is -1.96. The van der Waals surface area contributed by atoms with Gasteiger partial charge in [-0.3, -0.25) is 9.69 Å². The Morgan fingerprint density at radius 1 is 1.04 bits per heavy atom. The van der Waals surface area contributed by atoms with Gasteiger partial charge in [-0.1, -0.05) is 30.3 Å². The van der Waals surface area contributed by atoms with Crippen molar-refractivity contribution in [3.8, 4) is 0 Å². The molecule has 0 N–H and O–H groups in total. The molecule has 0 spiro atoms. The molecule has 7 heteroatoms. The summed E-state index contributed by atoms with van der Waals surface area (Å²) in [5, 5.41) is 0. The lowest BCUT2D eigenvalue weighted by Gasteiger charge is -2.33. The molecule has 0 unspecified atom stereocenters. The third-order valence-electron chi connectivity index (χ3n) is 5.47. The maximum atomic E-state index is 12.7. The van der Waals surface area contributed by atoms with Crippen LogP contribution in [0.3, 0.4) is 0 Å². The number of aryl methyl sites for hydroxylation is 1. The van der Waals surface area contributed by atoms with Crippen molar-refractivity contribution < 1.29 is 13.2 Å². The number of rotatable bonds is 7. The van der Waals surface area contributed by atoms with Gasteiger partial charge in [0, 0.05) is 49.7 Å². The third-order valence-corrected chi connectivity index (χ3v) is 7.32. The summed E-state index contributed by atoms with van der Waals surface area (Å²) in [5.74, 6) is 0.129. The third kappa shape index (κ3) is 4.54. The van der Waals surface area contributed by atoms with Crippen molar-refractivity contribution in [2.75, 3.05) is 32.7 Å². The largest absolute Gasteiger partial charge is 0.349 e. The van der Waals surface area contributed by atoms with E-state index in [1.165, 1.54) is 0 Å². The van der Waals surface area contributed by atoms with Gasteiger partial charge in [0.15, 0.2) is 5.78 Å². The lowest BCUT2D eigenvalue weighted by molar-refractivity contribution is 0.0901. The topological polar surface area (TPSA) is 62.6 Å². The number of hydrogen-bond acceptors (Lipinski definition) is 4. The number of benzene rings is 1. The van der Waals surface area contributed by atoms with Gasteiger partial charge in [0.25, 0.3) is 0 Å². The van der Waals surface area contributed by atoms with Gasteiger partial charge in [-0.05, 0) is 32.4 Å². The molecule has 1 aliphatic rings. The summed E-state index contributed by atoms with van der Waals surface area (Å²) in [4.78, 5) is 14.8. The molecule has 6 nitrogen and oxygen atoms in total. The molecule has 0 bridgehead atoms. The van der Waals surface area contributed by atoms with Crippen LogP contribution >= 0.6 is 0 Å². The fourth-order valence-corrected chi connectivity index (χ4v) is 5.42. The number of sulfonamides is 1. The van der Waals surface area contributed by atoms with Crippen molar-refractivity contribution in [1.29, 1.82) is 0 Å². The van der Waals surface area contributed by atoms with Crippen molar-refractivity contribution >= 4 is 15.8 Å². The molecule has 152 valence electrons. The van der Waals surface area contributed by atoms with Gasteiger partial charge in [0.05, 0.1) is 12.3 Å². The molecule has 0 amide bonds. The Morgan fingerprint density at radius 3 is 2.25 bits per heavy atom. The first-order chi connectivity index (χ1) is 13.3. The van der Waals surface area contributed by atoms with Crippen molar-refractivity contribution in [2.24, 2.45) is 0 Å². The number of piperazine rings is 1. The second-order valence-electron chi connectivity index (χ2n) is 7.37. The van der Waals surface area contributed by atoms with E-state index in [1.54, 1.807) is 4.31 Å². The van der Waals surface area contributed by atoms with Crippen LogP contribution in [0, 0.1) is 13.8 Å². The second kappa shape index (κ2) is 8.59. The Morgan fingerprint density at radius 2 is 1.68 bits per heavy atom. The molecule has 1 aliphatic heterocycles. The summed E-state index contributed by atoms with van der Waals surface area (Å²) < 4.78 is 29.0. The smallest absolute Gasteiger partial charge is 0.218 e. The summed E-state index contributed by atoms with van der Waals surface area (Å²) in [7, 11) is -3.33. The number of carbonyl (C=O) groups excluding carboxylic acids is 1. The number of nitrogens with zero attached hydrogens (tertiary/aromatic N) is 3. The second-order valence-corrected chi connectivity index (χ2v) is 9.34. The van der Waals surface area contributed by atoms with Crippen LogP contribution in [0.15, 0.2) is 36.4 Å². The lowest BCUT2D eigenvalue weighted by Crippen LogP contribution is -2.50. The van der Waals surface area contributed by atoms with E-state index in [0.29, 0.717) is 32.7 Å². The highest BCUT2D eigenvalue weighted by Gasteiger charge is 2.28. The molecule has 0 saturated carbocycles. The predicted octanol–water partition coefficient (Wildman–Crippen LogP) is 2.46. The molecule has 0 atom stereocenters. The summed E-state index contributed by atoms with van der Waals surface area (Å²) in [6, 6.07) is 11.2. The normalized spacial score (nSPS) is 16.4. The van der Waals surface area contributed by atoms with E-state index in [9.17, 15) is 13.2 Å². The molecule has 1 fully saturated rings. The van der Waals surface area contributed by atoms with Gasteiger partial charge in [-0.25, -0.2) is 8.42 Å². The van der Waals surface area contributed by atoms with E-state index in [4.69, 9.17) is 0 Å². The van der Waals surface area contributed by atoms with Crippen LogP contribution in [0.25, 0.3) is 0 Å². The first-order valence-electron chi connectivity index (χ1n) is 9.76. The molecule has 1 saturated heterocycles. The quantitative estimate of drug-likeness (QED) is 0.666. The van der Waals surface area contributed by atoms with Gasteiger partial charge in [-0.15, -0.1) is 0 Å². The molecule has 28 heavy (non-hydrogen) atoms. The Labute approximate surface area is 167 Å². The highest BCUT2D eigenvalue weighted by atomic mass is 32.2. The zero-order valence-corrected chi connectivity index (χ0v) is 17.7. The van der Waals surface area contributed by atoms with Crippen molar-refractivity contribution in [3.05, 3.63) is 58.9 Å². The zero-order valence-electron chi connectivity index (χ0n) is 16.9. The minimum atomic E-state index is -3.33. The van der Waals surface area contributed by atoms with Crippen LogP contribution in [0.5, 0.6) is 0 Å². The molecule has 2 aromatic rings. The minimum Gasteiger partial charge on any atom is -0.349 e. The molecule has 2 heterocycles. The monoisotopic (exact) mass is 403 g/mol. The fourth-order valence-electron chi connectivity index (χ4n) is 3.90. The maximum absolute atomic E-state index is 12.7. The van der Waals surface area contributed by atoms with Crippen molar-refractivity contribution in [1.82, 2.24) is 13.8 Å². The Balaban J connectivity index is 1.57. The van der Waals surface area contributed by atoms with E-state index < -0.39 is 10.0 Å². The molecule has 1 aromatic heterocycles. The number of aromatic nitrogens is 1. The Kier molecular flexibility index (Phi) is 6.37. The van der Waals surface area contributed by atoms with Crippen LogP contribution in [-0.4, -0.2) is 60.7 Å². The number of hydrogen-bond donors (Lipinski definition) is 0. The number of carbonyl (C=O) groups is 1. The van der Waals surface area contributed by atoms with Gasteiger partial charge < -0.3 is 4.57 Å². The summed E-state index contributed by atoms with van der Waals surface area (Å²) in [5.41, 5.74) is 3.68.